The lowest BCUT2D eigenvalue weighted by atomic mass is 9.98. The second-order valence-electron chi connectivity index (χ2n) is 5.50. The fourth-order valence-corrected chi connectivity index (χ4v) is 4.22. The third-order valence-electron chi connectivity index (χ3n) is 3.85. The number of nitrogens with zero attached hydrogens (tertiary/aromatic N) is 1. The summed E-state index contributed by atoms with van der Waals surface area (Å²) in [6.45, 7) is 1.85. The van der Waals surface area contributed by atoms with Gasteiger partial charge in [-0.15, -0.1) is 0 Å². The summed E-state index contributed by atoms with van der Waals surface area (Å²) < 4.78 is 23.0. The number of carbonyl (C=O) groups is 1. The molecule has 2 aliphatic rings. The van der Waals surface area contributed by atoms with Crippen LogP contribution in [0.1, 0.15) is 19.3 Å². The van der Waals surface area contributed by atoms with Crippen LogP contribution in [0, 0.1) is 5.92 Å². The molecule has 0 aromatic heterocycles. The molecule has 2 aliphatic heterocycles. The van der Waals surface area contributed by atoms with E-state index in [2.05, 4.69) is 5.32 Å². The number of rotatable bonds is 3. The van der Waals surface area contributed by atoms with Crippen molar-refractivity contribution >= 4 is 15.7 Å². The van der Waals surface area contributed by atoms with Gasteiger partial charge in [-0.3, -0.25) is 4.79 Å². The first kappa shape index (κ1) is 14.7. The van der Waals surface area contributed by atoms with Gasteiger partial charge < -0.3 is 15.3 Å². The number of hydrogen-bond donors (Lipinski definition) is 2. The molecule has 0 aliphatic carbocycles. The van der Waals surface area contributed by atoms with Crippen LogP contribution in [0.2, 0.25) is 0 Å². The maximum Gasteiger partial charge on any atom is 0.224 e. The van der Waals surface area contributed by atoms with E-state index in [1.807, 2.05) is 0 Å². The van der Waals surface area contributed by atoms with Crippen LogP contribution in [0.4, 0.5) is 0 Å². The zero-order chi connectivity index (χ0) is 13.9. The van der Waals surface area contributed by atoms with Crippen molar-refractivity contribution in [2.45, 2.75) is 25.3 Å². The summed E-state index contributed by atoms with van der Waals surface area (Å²) in [7, 11) is -3.00. The van der Waals surface area contributed by atoms with Gasteiger partial charge in [0.1, 0.15) is 0 Å². The largest absolute Gasteiger partial charge is 0.396 e. The summed E-state index contributed by atoms with van der Waals surface area (Å²) in [4.78, 5) is 13.9. The highest BCUT2D eigenvalue weighted by molar-refractivity contribution is 7.91. The molecular formula is C12H22N2O4S. The summed E-state index contributed by atoms with van der Waals surface area (Å²) in [5.74, 6) is 0.373. The van der Waals surface area contributed by atoms with E-state index >= 15 is 0 Å². The smallest absolute Gasteiger partial charge is 0.224 e. The highest BCUT2D eigenvalue weighted by Crippen LogP contribution is 2.17. The quantitative estimate of drug-likeness (QED) is 0.696. The van der Waals surface area contributed by atoms with Crippen molar-refractivity contribution in [3.63, 3.8) is 0 Å². The van der Waals surface area contributed by atoms with Crippen molar-refractivity contribution < 1.29 is 18.3 Å². The Kier molecular flexibility index (Phi) is 4.81. The molecule has 2 saturated heterocycles. The topological polar surface area (TPSA) is 86.7 Å². The molecule has 7 heteroatoms. The summed E-state index contributed by atoms with van der Waals surface area (Å²) in [5, 5.41) is 12.2. The van der Waals surface area contributed by atoms with Crippen LogP contribution >= 0.6 is 0 Å². The van der Waals surface area contributed by atoms with E-state index in [1.54, 1.807) is 4.90 Å². The molecular weight excluding hydrogens is 268 g/mol. The minimum Gasteiger partial charge on any atom is -0.396 e. The molecule has 2 unspecified atom stereocenters. The van der Waals surface area contributed by atoms with Gasteiger partial charge in [0.15, 0.2) is 9.84 Å². The lowest BCUT2D eigenvalue weighted by Crippen LogP contribution is -2.49. The second-order valence-corrected chi connectivity index (χ2v) is 7.73. The zero-order valence-corrected chi connectivity index (χ0v) is 11.9. The van der Waals surface area contributed by atoms with Gasteiger partial charge in [0, 0.05) is 38.7 Å². The average molecular weight is 290 g/mol. The van der Waals surface area contributed by atoms with Gasteiger partial charge in [0.2, 0.25) is 5.91 Å². The van der Waals surface area contributed by atoms with E-state index in [0.717, 1.165) is 19.4 Å². The molecule has 0 spiro atoms. The lowest BCUT2D eigenvalue weighted by molar-refractivity contribution is -0.133. The van der Waals surface area contributed by atoms with Crippen molar-refractivity contribution in [3.05, 3.63) is 0 Å². The van der Waals surface area contributed by atoms with E-state index < -0.39 is 9.84 Å². The van der Waals surface area contributed by atoms with Gasteiger partial charge in [-0.2, -0.15) is 0 Å². The molecule has 0 saturated carbocycles. The Hall–Kier alpha value is -0.660. The second kappa shape index (κ2) is 6.19. The molecule has 2 atom stereocenters. The standard InChI is InChI=1S/C12H22N2O4S/c15-8-10-2-1-4-14(7-10)12(16)6-11-9-19(17,18)5-3-13-11/h10-11,13,15H,1-9H2. The van der Waals surface area contributed by atoms with Crippen LogP contribution in [0.3, 0.4) is 0 Å². The summed E-state index contributed by atoms with van der Waals surface area (Å²) in [5.41, 5.74) is 0. The molecule has 2 heterocycles. The number of nitrogens with one attached hydrogen (secondary N) is 1. The first-order valence-electron chi connectivity index (χ1n) is 6.82. The molecule has 19 heavy (non-hydrogen) atoms. The predicted octanol–water partition coefficient (Wildman–Crippen LogP) is -1.01. The normalized spacial score (nSPS) is 31.1. The van der Waals surface area contributed by atoms with Gasteiger partial charge in [0.25, 0.3) is 0 Å². The number of likely N-dealkylation sites (tertiary alicyclic amines) is 1. The Bertz CT molecular complexity index is 423. The number of piperidine rings is 1. The fourth-order valence-electron chi connectivity index (χ4n) is 2.78. The number of sulfone groups is 1. The van der Waals surface area contributed by atoms with E-state index in [9.17, 15) is 13.2 Å². The van der Waals surface area contributed by atoms with Gasteiger partial charge in [-0.05, 0) is 18.8 Å². The van der Waals surface area contributed by atoms with Gasteiger partial charge in [-0.25, -0.2) is 8.42 Å². The van der Waals surface area contributed by atoms with Gasteiger partial charge in [-0.1, -0.05) is 0 Å². The van der Waals surface area contributed by atoms with Crippen molar-refractivity contribution in [3.8, 4) is 0 Å². The highest BCUT2D eigenvalue weighted by atomic mass is 32.2. The first-order valence-corrected chi connectivity index (χ1v) is 8.65. The van der Waals surface area contributed by atoms with Crippen LogP contribution < -0.4 is 5.32 Å². The Labute approximate surface area is 114 Å². The number of aliphatic hydroxyl groups is 1. The Morgan fingerprint density at radius 2 is 2.21 bits per heavy atom. The maximum absolute atomic E-state index is 12.1. The summed E-state index contributed by atoms with van der Waals surface area (Å²) >= 11 is 0. The molecule has 0 aromatic carbocycles. The number of hydrogen-bond acceptors (Lipinski definition) is 5. The number of carbonyl (C=O) groups excluding carboxylic acids is 1. The van der Waals surface area contributed by atoms with Crippen LogP contribution in [-0.2, 0) is 14.6 Å². The van der Waals surface area contributed by atoms with Crippen LogP contribution in [0.25, 0.3) is 0 Å². The van der Waals surface area contributed by atoms with Crippen LogP contribution in [-0.4, -0.2) is 68.1 Å². The molecule has 2 fully saturated rings. The summed E-state index contributed by atoms with van der Waals surface area (Å²) in [6.07, 6.45) is 2.10. The molecule has 110 valence electrons. The molecule has 0 bridgehead atoms. The predicted molar refractivity (Wildman–Crippen MR) is 71.5 cm³/mol. The fraction of sp³-hybridized carbons (Fsp3) is 0.917. The monoisotopic (exact) mass is 290 g/mol. The molecule has 6 nitrogen and oxygen atoms in total. The van der Waals surface area contributed by atoms with Crippen molar-refractivity contribution in [2.75, 3.05) is 37.7 Å². The van der Waals surface area contributed by atoms with Gasteiger partial charge in [0.05, 0.1) is 11.5 Å². The van der Waals surface area contributed by atoms with E-state index in [-0.39, 0.29) is 42.4 Å². The summed E-state index contributed by atoms with van der Waals surface area (Å²) in [6, 6.07) is -0.263. The van der Waals surface area contributed by atoms with Crippen molar-refractivity contribution in [2.24, 2.45) is 5.92 Å². The SMILES string of the molecule is O=C(CC1CS(=O)(=O)CCN1)N1CCCC(CO)C1. The number of amides is 1. The molecule has 0 radical (unpaired) electrons. The highest BCUT2D eigenvalue weighted by Gasteiger charge is 2.29. The van der Waals surface area contributed by atoms with Crippen molar-refractivity contribution in [1.82, 2.24) is 10.2 Å². The lowest BCUT2D eigenvalue weighted by Gasteiger charge is -2.33. The zero-order valence-electron chi connectivity index (χ0n) is 11.0. The van der Waals surface area contributed by atoms with Crippen molar-refractivity contribution in [1.29, 1.82) is 0 Å². The molecule has 1 amide bonds. The Morgan fingerprint density at radius 3 is 2.89 bits per heavy atom. The van der Waals surface area contributed by atoms with Crippen LogP contribution in [0.15, 0.2) is 0 Å². The van der Waals surface area contributed by atoms with E-state index in [1.165, 1.54) is 0 Å². The third-order valence-corrected chi connectivity index (χ3v) is 5.59. The minimum atomic E-state index is -3.00. The minimum absolute atomic E-state index is 0.00671. The van der Waals surface area contributed by atoms with Gasteiger partial charge >= 0.3 is 0 Å². The molecule has 0 aromatic rings. The maximum atomic E-state index is 12.1. The Balaban J connectivity index is 1.86. The molecule has 2 N–H and O–H groups in total. The van der Waals surface area contributed by atoms with E-state index in [4.69, 9.17) is 5.11 Å². The van der Waals surface area contributed by atoms with Crippen LogP contribution in [0.5, 0.6) is 0 Å². The number of aliphatic hydroxyl groups excluding tert-OH is 1. The average Bonchev–Trinajstić information content (AvgIpc) is 2.37. The first-order chi connectivity index (χ1) is 9.00. The third kappa shape index (κ3) is 4.15. The molecule has 2 rings (SSSR count). The van der Waals surface area contributed by atoms with E-state index in [0.29, 0.717) is 13.1 Å². The Morgan fingerprint density at radius 1 is 1.42 bits per heavy atom.